The molecular formula is C17H32N2O. The second-order valence-corrected chi connectivity index (χ2v) is 7.32. The molecule has 1 N–H and O–H groups in total. The lowest BCUT2D eigenvalue weighted by Gasteiger charge is -2.42. The molecule has 2 saturated heterocycles. The Morgan fingerprint density at radius 1 is 1.10 bits per heavy atom. The van der Waals surface area contributed by atoms with Gasteiger partial charge in [0.15, 0.2) is 0 Å². The Labute approximate surface area is 124 Å². The van der Waals surface area contributed by atoms with E-state index >= 15 is 0 Å². The summed E-state index contributed by atoms with van der Waals surface area (Å²) in [5.41, 5.74) is 0.414. The average molecular weight is 280 g/mol. The lowest BCUT2D eigenvalue weighted by atomic mass is 9.81. The second-order valence-electron chi connectivity index (χ2n) is 7.32. The summed E-state index contributed by atoms with van der Waals surface area (Å²) in [4.78, 5) is 2.74. The summed E-state index contributed by atoms with van der Waals surface area (Å²) in [5.74, 6) is 0. The summed E-state index contributed by atoms with van der Waals surface area (Å²) >= 11 is 0. The van der Waals surface area contributed by atoms with Crippen molar-refractivity contribution in [1.82, 2.24) is 10.2 Å². The van der Waals surface area contributed by atoms with E-state index in [0.717, 1.165) is 13.2 Å². The first-order chi connectivity index (χ1) is 9.77. The second kappa shape index (κ2) is 6.76. The van der Waals surface area contributed by atoms with E-state index < -0.39 is 0 Å². The first-order valence-electron chi connectivity index (χ1n) is 8.88. The minimum atomic E-state index is 0.414. The molecule has 1 saturated carbocycles. The molecule has 20 heavy (non-hydrogen) atoms. The van der Waals surface area contributed by atoms with Crippen LogP contribution in [0.1, 0.15) is 64.7 Å². The minimum absolute atomic E-state index is 0.414. The van der Waals surface area contributed by atoms with Crippen LogP contribution < -0.4 is 5.32 Å². The van der Waals surface area contributed by atoms with Crippen LogP contribution in [0.25, 0.3) is 0 Å². The van der Waals surface area contributed by atoms with Gasteiger partial charge in [-0.2, -0.15) is 0 Å². The fourth-order valence-electron chi connectivity index (χ4n) is 4.35. The summed E-state index contributed by atoms with van der Waals surface area (Å²) in [6.45, 7) is 6.99. The van der Waals surface area contributed by atoms with Gasteiger partial charge in [-0.05, 0) is 52.0 Å². The van der Waals surface area contributed by atoms with Gasteiger partial charge in [0, 0.05) is 31.3 Å². The predicted molar refractivity (Wildman–Crippen MR) is 83.1 cm³/mol. The molecule has 3 aliphatic rings. The molecule has 0 aromatic rings. The zero-order valence-corrected chi connectivity index (χ0v) is 13.2. The van der Waals surface area contributed by atoms with Crippen molar-refractivity contribution < 1.29 is 4.74 Å². The van der Waals surface area contributed by atoms with Crippen LogP contribution >= 0.6 is 0 Å². The summed E-state index contributed by atoms with van der Waals surface area (Å²) in [5, 5.41) is 3.91. The molecule has 3 fully saturated rings. The van der Waals surface area contributed by atoms with Crippen LogP contribution in [0.2, 0.25) is 0 Å². The van der Waals surface area contributed by atoms with Crippen LogP contribution in [0.3, 0.4) is 0 Å². The quantitative estimate of drug-likeness (QED) is 0.841. The largest absolute Gasteiger partial charge is 0.377 e. The Morgan fingerprint density at radius 2 is 1.95 bits per heavy atom. The van der Waals surface area contributed by atoms with Crippen LogP contribution in [0, 0.1) is 0 Å². The van der Waals surface area contributed by atoms with Crippen LogP contribution in [0.5, 0.6) is 0 Å². The van der Waals surface area contributed by atoms with Crippen molar-refractivity contribution in [1.29, 1.82) is 0 Å². The van der Waals surface area contributed by atoms with Gasteiger partial charge < -0.3 is 10.1 Å². The first-order valence-corrected chi connectivity index (χ1v) is 8.88. The van der Waals surface area contributed by atoms with Crippen LogP contribution in [0.15, 0.2) is 0 Å². The van der Waals surface area contributed by atoms with Gasteiger partial charge in [0.2, 0.25) is 0 Å². The van der Waals surface area contributed by atoms with Gasteiger partial charge in [-0.1, -0.05) is 19.3 Å². The Hall–Kier alpha value is -0.120. The minimum Gasteiger partial charge on any atom is -0.377 e. The normalized spacial score (nSPS) is 35.9. The van der Waals surface area contributed by atoms with E-state index in [0.29, 0.717) is 17.7 Å². The molecule has 116 valence electrons. The fraction of sp³-hybridized carbons (Fsp3) is 1.00. The highest BCUT2D eigenvalue weighted by Gasteiger charge is 2.37. The molecule has 2 atom stereocenters. The third-order valence-corrected chi connectivity index (χ3v) is 5.71. The van der Waals surface area contributed by atoms with E-state index in [1.165, 1.54) is 70.9 Å². The first kappa shape index (κ1) is 14.8. The van der Waals surface area contributed by atoms with Crippen LogP contribution in [-0.2, 0) is 4.74 Å². The van der Waals surface area contributed by atoms with E-state index in [2.05, 4.69) is 17.1 Å². The lowest BCUT2D eigenvalue weighted by molar-refractivity contribution is -0.0171. The van der Waals surface area contributed by atoms with Gasteiger partial charge in [0.25, 0.3) is 0 Å². The van der Waals surface area contributed by atoms with Crippen molar-refractivity contribution in [3.8, 4) is 0 Å². The Balaban J connectivity index is 1.63. The highest BCUT2D eigenvalue weighted by atomic mass is 16.5. The van der Waals surface area contributed by atoms with Gasteiger partial charge >= 0.3 is 0 Å². The molecule has 2 heterocycles. The molecule has 0 radical (unpaired) electrons. The Kier molecular flexibility index (Phi) is 5.00. The molecule has 3 heteroatoms. The Bertz CT molecular complexity index is 295. The number of nitrogens with one attached hydrogen (secondary N) is 1. The standard InChI is InChI=1S/C17H32N2O/c1-15-8-11-18-17(9-4-2-5-10-17)14-19(15)13-16-7-3-6-12-20-16/h15-16,18H,2-14H2,1H3. The van der Waals surface area contributed by atoms with Crippen LogP contribution in [0.4, 0.5) is 0 Å². The predicted octanol–water partition coefficient (Wildman–Crippen LogP) is 2.94. The molecule has 0 aromatic heterocycles. The van der Waals surface area contributed by atoms with E-state index in [-0.39, 0.29) is 0 Å². The van der Waals surface area contributed by atoms with Crippen molar-refractivity contribution in [2.24, 2.45) is 0 Å². The molecule has 0 aromatic carbocycles. The third kappa shape index (κ3) is 3.55. The number of rotatable bonds is 2. The monoisotopic (exact) mass is 280 g/mol. The van der Waals surface area contributed by atoms with Crippen molar-refractivity contribution in [3.63, 3.8) is 0 Å². The molecule has 1 aliphatic carbocycles. The fourth-order valence-corrected chi connectivity index (χ4v) is 4.35. The zero-order valence-electron chi connectivity index (χ0n) is 13.2. The average Bonchev–Trinajstić information content (AvgIpc) is 2.61. The van der Waals surface area contributed by atoms with Crippen LogP contribution in [-0.4, -0.2) is 48.8 Å². The van der Waals surface area contributed by atoms with E-state index in [4.69, 9.17) is 4.74 Å². The van der Waals surface area contributed by atoms with Crippen molar-refractivity contribution in [3.05, 3.63) is 0 Å². The topological polar surface area (TPSA) is 24.5 Å². The van der Waals surface area contributed by atoms with Gasteiger partial charge in [0.1, 0.15) is 0 Å². The van der Waals surface area contributed by atoms with E-state index in [9.17, 15) is 0 Å². The van der Waals surface area contributed by atoms with Crippen molar-refractivity contribution in [2.75, 3.05) is 26.2 Å². The summed E-state index contributed by atoms with van der Waals surface area (Å²) in [6, 6.07) is 0.703. The van der Waals surface area contributed by atoms with E-state index in [1.807, 2.05) is 0 Å². The maximum absolute atomic E-state index is 5.98. The molecular weight excluding hydrogens is 248 g/mol. The molecule has 0 amide bonds. The molecule has 1 spiro atoms. The third-order valence-electron chi connectivity index (χ3n) is 5.71. The van der Waals surface area contributed by atoms with Gasteiger partial charge in [0.05, 0.1) is 6.10 Å². The number of ether oxygens (including phenoxy) is 1. The Morgan fingerprint density at radius 3 is 2.70 bits per heavy atom. The van der Waals surface area contributed by atoms with Gasteiger partial charge in [-0.25, -0.2) is 0 Å². The highest BCUT2D eigenvalue weighted by molar-refractivity contribution is 4.97. The highest BCUT2D eigenvalue weighted by Crippen LogP contribution is 2.32. The SMILES string of the molecule is CC1CCNC2(CCCCC2)CN1CC1CCCCO1. The maximum Gasteiger partial charge on any atom is 0.0702 e. The molecule has 3 rings (SSSR count). The molecule has 0 bridgehead atoms. The molecule has 2 unspecified atom stereocenters. The molecule has 2 aliphatic heterocycles. The summed E-state index contributed by atoms with van der Waals surface area (Å²) in [6.07, 6.45) is 12.7. The maximum atomic E-state index is 5.98. The number of hydrogen-bond acceptors (Lipinski definition) is 3. The van der Waals surface area contributed by atoms with Crippen molar-refractivity contribution in [2.45, 2.75) is 82.4 Å². The lowest BCUT2D eigenvalue weighted by Crippen LogP contribution is -2.54. The summed E-state index contributed by atoms with van der Waals surface area (Å²) < 4.78 is 5.98. The van der Waals surface area contributed by atoms with Crippen molar-refractivity contribution >= 4 is 0 Å². The zero-order chi connectivity index (χ0) is 13.8. The van der Waals surface area contributed by atoms with E-state index in [1.54, 1.807) is 0 Å². The summed E-state index contributed by atoms with van der Waals surface area (Å²) in [7, 11) is 0. The number of nitrogens with zero attached hydrogens (tertiary/aromatic N) is 1. The number of hydrogen-bond donors (Lipinski definition) is 1. The van der Waals surface area contributed by atoms with Gasteiger partial charge in [-0.15, -0.1) is 0 Å². The van der Waals surface area contributed by atoms with Gasteiger partial charge in [-0.3, -0.25) is 4.90 Å². The smallest absolute Gasteiger partial charge is 0.0702 e. The molecule has 3 nitrogen and oxygen atoms in total.